The molecular formula is C6H4Cl2N4. The molecule has 0 saturated heterocycles. The lowest BCUT2D eigenvalue weighted by molar-refractivity contribution is 1.08. The Labute approximate surface area is 78.0 Å². The second-order valence-electron chi connectivity index (χ2n) is 2.29. The van der Waals surface area contributed by atoms with Gasteiger partial charge in [-0.15, -0.1) is 0 Å². The minimum Gasteiger partial charge on any atom is -0.325 e. The molecule has 0 amide bonds. The average molecular weight is 203 g/mol. The predicted molar refractivity (Wildman–Crippen MR) is 46.4 cm³/mol. The highest BCUT2D eigenvalue weighted by Gasteiger charge is 2.07. The van der Waals surface area contributed by atoms with E-state index >= 15 is 0 Å². The number of nitrogens with zero attached hydrogens (tertiary/aromatic N) is 3. The second kappa shape index (κ2) is 2.57. The van der Waals surface area contributed by atoms with Crippen molar-refractivity contribution in [1.29, 1.82) is 0 Å². The molecule has 0 bridgehead atoms. The number of hydrogen-bond donors (Lipinski definition) is 1. The minimum absolute atomic E-state index is 0.270. The number of hydrogen-bond acceptors (Lipinski definition) is 3. The number of aromatic nitrogens is 4. The Kier molecular flexibility index (Phi) is 1.66. The van der Waals surface area contributed by atoms with E-state index in [9.17, 15) is 0 Å². The standard InChI is InChI=1S/C6H4Cl2N4/c1-2-9-4(7)3-5(10-2)12-6(8)11-3/h1H3,(H,9,10,11,12). The van der Waals surface area contributed by atoms with E-state index in [4.69, 9.17) is 23.2 Å². The molecule has 2 heterocycles. The fourth-order valence-electron chi connectivity index (χ4n) is 0.937. The lowest BCUT2D eigenvalue weighted by Crippen LogP contribution is -1.88. The topological polar surface area (TPSA) is 54.5 Å². The molecule has 0 saturated carbocycles. The Morgan fingerprint density at radius 3 is 2.67 bits per heavy atom. The van der Waals surface area contributed by atoms with Crippen molar-refractivity contribution < 1.29 is 0 Å². The van der Waals surface area contributed by atoms with Crippen molar-refractivity contribution in [3.05, 3.63) is 16.3 Å². The second-order valence-corrected chi connectivity index (χ2v) is 3.00. The van der Waals surface area contributed by atoms with Crippen molar-refractivity contribution in [2.24, 2.45) is 0 Å². The number of fused-ring (bicyclic) bond motifs is 1. The zero-order valence-corrected chi connectivity index (χ0v) is 7.61. The summed E-state index contributed by atoms with van der Waals surface area (Å²) in [6.45, 7) is 1.74. The number of aromatic amines is 1. The lowest BCUT2D eigenvalue weighted by Gasteiger charge is -1.92. The molecule has 4 nitrogen and oxygen atoms in total. The molecule has 2 aromatic heterocycles. The highest BCUT2D eigenvalue weighted by molar-refractivity contribution is 6.34. The maximum atomic E-state index is 5.79. The largest absolute Gasteiger partial charge is 0.325 e. The number of nitrogens with one attached hydrogen (secondary N) is 1. The first-order chi connectivity index (χ1) is 5.66. The molecule has 0 aliphatic carbocycles. The zero-order valence-electron chi connectivity index (χ0n) is 6.10. The van der Waals surface area contributed by atoms with E-state index in [2.05, 4.69) is 19.9 Å². The van der Waals surface area contributed by atoms with E-state index in [1.807, 2.05) is 0 Å². The molecule has 12 heavy (non-hydrogen) atoms. The summed E-state index contributed by atoms with van der Waals surface area (Å²) < 4.78 is 0. The van der Waals surface area contributed by atoms with Crippen LogP contribution in [0.15, 0.2) is 0 Å². The third-order valence-corrected chi connectivity index (χ3v) is 1.84. The van der Waals surface area contributed by atoms with Crippen LogP contribution in [0.25, 0.3) is 11.2 Å². The summed E-state index contributed by atoms with van der Waals surface area (Å²) in [5.74, 6) is 0.579. The first-order valence-electron chi connectivity index (χ1n) is 3.22. The summed E-state index contributed by atoms with van der Waals surface area (Å²) >= 11 is 11.4. The zero-order chi connectivity index (χ0) is 8.72. The van der Waals surface area contributed by atoms with Crippen LogP contribution in [0, 0.1) is 6.92 Å². The van der Waals surface area contributed by atoms with E-state index in [0.29, 0.717) is 22.1 Å². The van der Waals surface area contributed by atoms with Crippen LogP contribution in [0.3, 0.4) is 0 Å². The Hall–Kier alpha value is -0.870. The van der Waals surface area contributed by atoms with Crippen molar-refractivity contribution in [2.45, 2.75) is 6.92 Å². The van der Waals surface area contributed by atoms with Gasteiger partial charge < -0.3 is 4.98 Å². The predicted octanol–water partition coefficient (Wildman–Crippen LogP) is 1.97. The molecule has 0 atom stereocenters. The van der Waals surface area contributed by atoms with Crippen LogP contribution in [0.5, 0.6) is 0 Å². The highest BCUT2D eigenvalue weighted by atomic mass is 35.5. The van der Waals surface area contributed by atoms with Crippen LogP contribution in [0.1, 0.15) is 5.82 Å². The quantitative estimate of drug-likeness (QED) is 0.525. The van der Waals surface area contributed by atoms with Gasteiger partial charge in [-0.25, -0.2) is 9.97 Å². The van der Waals surface area contributed by atoms with Gasteiger partial charge in [0.2, 0.25) is 5.28 Å². The number of imidazole rings is 1. The third-order valence-electron chi connectivity index (χ3n) is 1.39. The number of H-pyrrole nitrogens is 1. The van der Waals surface area contributed by atoms with E-state index < -0.39 is 0 Å². The molecule has 0 aliphatic heterocycles. The summed E-state index contributed by atoms with van der Waals surface area (Å²) in [5.41, 5.74) is 1.07. The van der Waals surface area contributed by atoms with Gasteiger partial charge in [0, 0.05) is 0 Å². The van der Waals surface area contributed by atoms with E-state index in [-0.39, 0.29) is 5.28 Å². The average Bonchev–Trinajstić information content (AvgIpc) is 2.29. The van der Waals surface area contributed by atoms with Gasteiger partial charge in [-0.2, -0.15) is 4.98 Å². The molecule has 62 valence electrons. The molecule has 6 heteroatoms. The molecule has 0 fully saturated rings. The van der Waals surface area contributed by atoms with Crippen LogP contribution in [-0.4, -0.2) is 19.9 Å². The van der Waals surface area contributed by atoms with E-state index in [1.54, 1.807) is 6.92 Å². The van der Waals surface area contributed by atoms with Crippen LogP contribution >= 0.6 is 23.2 Å². The first kappa shape index (κ1) is 7.76. The van der Waals surface area contributed by atoms with Crippen LogP contribution in [0.4, 0.5) is 0 Å². The van der Waals surface area contributed by atoms with Gasteiger partial charge in [-0.3, -0.25) is 0 Å². The van der Waals surface area contributed by atoms with Crippen LogP contribution in [-0.2, 0) is 0 Å². The Morgan fingerprint density at radius 2 is 1.92 bits per heavy atom. The Balaban J connectivity index is 2.88. The Bertz CT molecular complexity index is 436. The lowest BCUT2D eigenvalue weighted by atomic mass is 10.5. The molecule has 0 aromatic carbocycles. The molecule has 0 spiro atoms. The summed E-state index contributed by atoms with van der Waals surface area (Å²) in [6.07, 6.45) is 0. The van der Waals surface area contributed by atoms with Crippen molar-refractivity contribution in [3.8, 4) is 0 Å². The van der Waals surface area contributed by atoms with Gasteiger partial charge in [0.15, 0.2) is 10.8 Å². The SMILES string of the molecule is Cc1nc(Cl)c2[nH]c(Cl)nc2n1. The van der Waals surface area contributed by atoms with Gasteiger partial charge in [0.1, 0.15) is 11.3 Å². The number of aryl methyl sites for hydroxylation is 1. The van der Waals surface area contributed by atoms with Crippen molar-refractivity contribution in [2.75, 3.05) is 0 Å². The molecule has 1 N–H and O–H groups in total. The normalized spacial score (nSPS) is 10.9. The van der Waals surface area contributed by atoms with Crippen LogP contribution < -0.4 is 0 Å². The highest BCUT2D eigenvalue weighted by Crippen LogP contribution is 2.19. The summed E-state index contributed by atoms with van der Waals surface area (Å²) in [6, 6.07) is 0. The Morgan fingerprint density at radius 1 is 1.17 bits per heavy atom. The van der Waals surface area contributed by atoms with E-state index in [1.165, 1.54) is 0 Å². The summed E-state index contributed by atoms with van der Waals surface area (Å²) in [4.78, 5) is 14.6. The maximum Gasteiger partial charge on any atom is 0.202 e. The molecular weight excluding hydrogens is 199 g/mol. The molecule has 0 unspecified atom stereocenters. The number of halogens is 2. The minimum atomic E-state index is 0.270. The monoisotopic (exact) mass is 202 g/mol. The van der Waals surface area contributed by atoms with Gasteiger partial charge >= 0.3 is 0 Å². The molecule has 2 aromatic rings. The molecule has 2 rings (SSSR count). The smallest absolute Gasteiger partial charge is 0.202 e. The van der Waals surface area contributed by atoms with Crippen molar-refractivity contribution >= 4 is 34.4 Å². The third kappa shape index (κ3) is 1.13. The van der Waals surface area contributed by atoms with Crippen molar-refractivity contribution in [1.82, 2.24) is 19.9 Å². The maximum absolute atomic E-state index is 5.79. The molecule has 0 aliphatic rings. The molecule has 0 radical (unpaired) electrons. The first-order valence-corrected chi connectivity index (χ1v) is 3.98. The van der Waals surface area contributed by atoms with Gasteiger partial charge in [-0.05, 0) is 18.5 Å². The van der Waals surface area contributed by atoms with Gasteiger partial charge in [-0.1, -0.05) is 11.6 Å². The van der Waals surface area contributed by atoms with Crippen LogP contribution in [0.2, 0.25) is 10.4 Å². The fraction of sp³-hybridized carbons (Fsp3) is 0.167. The number of rotatable bonds is 0. The van der Waals surface area contributed by atoms with E-state index in [0.717, 1.165) is 0 Å². The van der Waals surface area contributed by atoms with Gasteiger partial charge in [0.25, 0.3) is 0 Å². The summed E-state index contributed by atoms with van der Waals surface area (Å²) in [5, 5.41) is 0.615. The summed E-state index contributed by atoms with van der Waals surface area (Å²) in [7, 11) is 0. The fourth-order valence-corrected chi connectivity index (χ4v) is 1.37. The van der Waals surface area contributed by atoms with Gasteiger partial charge in [0.05, 0.1) is 0 Å². The van der Waals surface area contributed by atoms with Crippen molar-refractivity contribution in [3.63, 3.8) is 0 Å².